The van der Waals surface area contributed by atoms with Crippen LogP contribution in [0.15, 0.2) is 34.2 Å². The molecule has 1 aromatic carbocycles. The van der Waals surface area contributed by atoms with Gasteiger partial charge in [-0.1, -0.05) is 0 Å². The maximum atomic E-state index is 14.2. The highest BCUT2D eigenvalue weighted by Gasteiger charge is 2.34. The summed E-state index contributed by atoms with van der Waals surface area (Å²) >= 11 is 3.16. The Morgan fingerprint density at radius 2 is 2.26 bits per heavy atom. The number of aromatic nitrogens is 2. The van der Waals surface area contributed by atoms with Crippen LogP contribution in [0.2, 0.25) is 0 Å². The molecule has 1 aromatic heterocycles. The average molecular weight is 381 g/mol. The third-order valence-corrected chi connectivity index (χ3v) is 4.91. The molecule has 2 aromatic rings. The number of hydrogen-bond acceptors (Lipinski definition) is 4. The molecule has 0 spiro atoms. The van der Waals surface area contributed by atoms with E-state index in [4.69, 9.17) is 0 Å². The number of benzene rings is 1. The predicted molar refractivity (Wildman–Crippen MR) is 85.7 cm³/mol. The van der Waals surface area contributed by atoms with Gasteiger partial charge in [0.05, 0.1) is 22.8 Å². The van der Waals surface area contributed by atoms with Crippen molar-refractivity contribution < 1.29 is 14.3 Å². The lowest BCUT2D eigenvalue weighted by molar-refractivity contribution is -0.136. The zero-order chi connectivity index (χ0) is 16.1. The van der Waals surface area contributed by atoms with Crippen molar-refractivity contribution in [3.8, 4) is 0 Å². The third-order valence-electron chi connectivity index (χ3n) is 4.30. The molecule has 2 aliphatic heterocycles. The van der Waals surface area contributed by atoms with E-state index >= 15 is 0 Å². The number of rotatable bonds is 3. The monoisotopic (exact) mass is 380 g/mol. The Balaban J connectivity index is 1.79. The second-order valence-corrected chi connectivity index (χ2v) is 6.57. The van der Waals surface area contributed by atoms with Crippen molar-refractivity contribution in [1.82, 2.24) is 14.8 Å². The van der Waals surface area contributed by atoms with Crippen molar-refractivity contribution in [3.63, 3.8) is 0 Å². The molecule has 120 valence electrons. The van der Waals surface area contributed by atoms with Gasteiger partial charge in [-0.05, 0) is 40.9 Å². The number of fused-ring (bicyclic) bond motifs is 2. The van der Waals surface area contributed by atoms with Crippen molar-refractivity contribution >= 4 is 32.8 Å². The molecule has 0 aliphatic carbocycles. The van der Waals surface area contributed by atoms with Crippen molar-refractivity contribution in [2.75, 3.05) is 18.2 Å². The van der Waals surface area contributed by atoms with Crippen molar-refractivity contribution in [3.05, 3.63) is 40.0 Å². The molecule has 1 N–H and O–H groups in total. The Labute approximate surface area is 139 Å². The SMILES string of the molecule is O=C(O)CC1=C2CCCN2CN1n1cc2ccc(Br)c(F)c2n1. The van der Waals surface area contributed by atoms with E-state index < -0.39 is 11.8 Å². The van der Waals surface area contributed by atoms with Crippen LogP contribution in [0.4, 0.5) is 4.39 Å². The van der Waals surface area contributed by atoms with Crippen LogP contribution >= 0.6 is 15.9 Å². The first-order valence-electron chi connectivity index (χ1n) is 7.34. The normalized spacial score (nSPS) is 17.5. The largest absolute Gasteiger partial charge is 0.481 e. The maximum absolute atomic E-state index is 14.2. The van der Waals surface area contributed by atoms with Gasteiger partial charge in [0.15, 0.2) is 5.82 Å². The Morgan fingerprint density at radius 1 is 1.43 bits per heavy atom. The quantitative estimate of drug-likeness (QED) is 0.886. The van der Waals surface area contributed by atoms with Gasteiger partial charge in [0.1, 0.15) is 12.2 Å². The number of allylic oxidation sites excluding steroid dienone is 1. The highest BCUT2D eigenvalue weighted by molar-refractivity contribution is 9.10. The summed E-state index contributed by atoms with van der Waals surface area (Å²) in [6.45, 7) is 1.46. The van der Waals surface area contributed by atoms with Crippen molar-refractivity contribution in [1.29, 1.82) is 0 Å². The standard InChI is InChI=1S/C15H14BrFN4O2/c16-10-4-3-9-7-21(18-15(9)14(10)17)20-8-19-5-1-2-11(19)12(20)6-13(22)23/h3-4,7H,1-2,5-6,8H2,(H,22,23). The van der Waals surface area contributed by atoms with Crippen LogP contribution in [0.3, 0.4) is 0 Å². The van der Waals surface area contributed by atoms with Crippen LogP contribution < -0.4 is 5.01 Å². The van der Waals surface area contributed by atoms with Crippen LogP contribution in [-0.4, -0.2) is 39.1 Å². The topological polar surface area (TPSA) is 61.6 Å². The van der Waals surface area contributed by atoms with Crippen LogP contribution in [0, 0.1) is 5.82 Å². The molecule has 4 rings (SSSR count). The summed E-state index contributed by atoms with van der Waals surface area (Å²) in [5.41, 5.74) is 2.07. The molecular weight excluding hydrogens is 367 g/mol. The second-order valence-electron chi connectivity index (χ2n) is 5.72. The summed E-state index contributed by atoms with van der Waals surface area (Å²) in [5.74, 6) is -1.29. The summed E-state index contributed by atoms with van der Waals surface area (Å²) < 4.78 is 14.5. The lowest BCUT2D eigenvalue weighted by Crippen LogP contribution is -2.36. The zero-order valence-corrected chi connectivity index (χ0v) is 13.8. The van der Waals surface area contributed by atoms with Crippen molar-refractivity contribution in [2.45, 2.75) is 19.3 Å². The first-order valence-corrected chi connectivity index (χ1v) is 8.14. The molecule has 0 unspecified atom stereocenters. The Hall–Kier alpha value is -2.09. The summed E-state index contributed by atoms with van der Waals surface area (Å²) in [5, 5.41) is 16.0. The first kappa shape index (κ1) is 14.5. The Kier molecular flexibility index (Phi) is 3.29. The molecule has 1 saturated heterocycles. The zero-order valence-electron chi connectivity index (χ0n) is 12.2. The molecule has 1 fully saturated rings. The van der Waals surface area contributed by atoms with Gasteiger partial charge in [-0.3, -0.25) is 4.79 Å². The number of halogens is 2. The maximum Gasteiger partial charge on any atom is 0.309 e. The molecule has 0 radical (unpaired) electrons. The third kappa shape index (κ3) is 2.28. The van der Waals surface area contributed by atoms with E-state index in [2.05, 4.69) is 25.9 Å². The fourth-order valence-electron chi connectivity index (χ4n) is 3.27. The van der Waals surface area contributed by atoms with Gasteiger partial charge in [-0.2, -0.15) is 4.79 Å². The fourth-order valence-corrected chi connectivity index (χ4v) is 3.59. The Bertz CT molecular complexity index is 847. The smallest absolute Gasteiger partial charge is 0.309 e. The minimum absolute atomic E-state index is 0.0613. The number of carboxylic acid groups (broad SMARTS) is 1. The van der Waals surface area contributed by atoms with E-state index in [-0.39, 0.29) is 11.9 Å². The van der Waals surface area contributed by atoms with E-state index in [1.54, 1.807) is 23.1 Å². The molecule has 0 amide bonds. The molecule has 6 nitrogen and oxygen atoms in total. The van der Waals surface area contributed by atoms with E-state index in [0.717, 1.165) is 30.8 Å². The van der Waals surface area contributed by atoms with Gasteiger partial charge in [-0.25, -0.2) is 9.40 Å². The van der Waals surface area contributed by atoms with Gasteiger partial charge in [-0.15, -0.1) is 5.10 Å². The summed E-state index contributed by atoms with van der Waals surface area (Å²) in [4.78, 5) is 14.9. The molecule has 0 atom stereocenters. The predicted octanol–water partition coefficient (Wildman–Crippen LogP) is 2.63. The molecule has 3 heterocycles. The van der Waals surface area contributed by atoms with Crippen LogP contribution in [0.1, 0.15) is 19.3 Å². The fraction of sp³-hybridized carbons (Fsp3) is 0.333. The van der Waals surface area contributed by atoms with Gasteiger partial charge in [0.2, 0.25) is 0 Å². The van der Waals surface area contributed by atoms with E-state index in [1.165, 1.54) is 0 Å². The molecule has 0 saturated carbocycles. The minimum Gasteiger partial charge on any atom is -0.481 e. The second kappa shape index (κ2) is 5.23. The highest BCUT2D eigenvalue weighted by atomic mass is 79.9. The lowest BCUT2D eigenvalue weighted by atomic mass is 10.2. The van der Waals surface area contributed by atoms with Gasteiger partial charge >= 0.3 is 5.97 Å². The van der Waals surface area contributed by atoms with Gasteiger partial charge in [0, 0.05) is 17.6 Å². The number of hydrogen-bond donors (Lipinski definition) is 1. The van der Waals surface area contributed by atoms with E-state index in [9.17, 15) is 14.3 Å². The molecule has 0 bridgehead atoms. The lowest BCUT2D eigenvalue weighted by Gasteiger charge is -2.22. The number of nitrogens with zero attached hydrogens (tertiary/aromatic N) is 4. The van der Waals surface area contributed by atoms with Crippen LogP contribution in [0.25, 0.3) is 10.9 Å². The van der Waals surface area contributed by atoms with Crippen LogP contribution in [0.5, 0.6) is 0 Å². The first-order chi connectivity index (χ1) is 11.0. The van der Waals surface area contributed by atoms with Gasteiger partial charge < -0.3 is 10.0 Å². The molecular formula is C15H14BrFN4O2. The van der Waals surface area contributed by atoms with E-state index in [1.807, 2.05) is 5.01 Å². The molecule has 23 heavy (non-hydrogen) atoms. The molecule has 2 aliphatic rings. The summed E-state index contributed by atoms with van der Waals surface area (Å²) in [7, 11) is 0. The minimum atomic E-state index is -0.878. The number of carboxylic acids is 1. The number of carbonyl (C=O) groups is 1. The van der Waals surface area contributed by atoms with Crippen molar-refractivity contribution in [2.24, 2.45) is 0 Å². The van der Waals surface area contributed by atoms with Crippen LogP contribution in [-0.2, 0) is 4.79 Å². The van der Waals surface area contributed by atoms with Gasteiger partial charge in [0.25, 0.3) is 0 Å². The molecule has 8 heteroatoms. The Morgan fingerprint density at radius 3 is 3.04 bits per heavy atom. The summed E-state index contributed by atoms with van der Waals surface area (Å²) in [6.07, 6.45) is 3.58. The van der Waals surface area contributed by atoms with E-state index in [0.29, 0.717) is 16.5 Å². The average Bonchev–Trinajstić information content (AvgIpc) is 3.18. The summed E-state index contributed by atoms with van der Waals surface area (Å²) in [6, 6.07) is 3.43. The highest BCUT2D eigenvalue weighted by Crippen LogP contribution is 2.33. The number of aliphatic carboxylic acids is 1.